The Balaban J connectivity index is 4.21. The summed E-state index contributed by atoms with van der Waals surface area (Å²) in [6.45, 7) is 2.69. The molecule has 0 aromatic heterocycles. The Morgan fingerprint density at radius 2 is 1.89 bits per heavy atom. The first-order valence-corrected chi connectivity index (χ1v) is 2.64. The second-order valence-corrected chi connectivity index (χ2v) is 1.74. The smallest absolute Gasteiger partial charge is 0.249 e. The summed E-state index contributed by atoms with van der Waals surface area (Å²) in [5.41, 5.74) is 0.137. The fourth-order valence-corrected chi connectivity index (χ4v) is 0.344. The van der Waals surface area contributed by atoms with E-state index >= 15 is 0 Å². The molecule has 0 aromatic rings. The molecule has 0 heterocycles. The van der Waals surface area contributed by atoms with Gasteiger partial charge in [-0.15, -0.1) is 0 Å². The summed E-state index contributed by atoms with van der Waals surface area (Å²) in [5, 5.41) is 2.31. The minimum Gasteiger partial charge on any atom is -0.355 e. The highest BCUT2D eigenvalue weighted by atomic mass is 19.1. The Morgan fingerprint density at radius 3 is 2.00 bits per heavy atom. The van der Waals surface area contributed by atoms with Crippen LogP contribution < -0.4 is 5.32 Å². The Bertz CT molecular complexity index is 147. The molecule has 0 aliphatic heterocycles. The van der Waals surface area contributed by atoms with Crippen LogP contribution in [0.1, 0.15) is 13.8 Å². The molecule has 0 aliphatic rings. The summed E-state index contributed by atoms with van der Waals surface area (Å²) in [4.78, 5) is 10.5. The number of carbonyl (C=O) groups is 1. The first kappa shape index (κ1) is 8.14. The molecular weight excluding hydrogens is 121 g/mol. The Hall–Kier alpha value is -0.860. The number of amides is 1. The number of nitrogens with one attached hydrogen (secondary N) is 1. The molecule has 3 heteroatoms. The number of rotatable bonds is 1. The van der Waals surface area contributed by atoms with E-state index in [4.69, 9.17) is 0 Å². The molecule has 1 amide bonds. The highest BCUT2D eigenvalue weighted by Crippen LogP contribution is 2.02. The highest BCUT2D eigenvalue weighted by molar-refractivity contribution is 5.92. The van der Waals surface area contributed by atoms with E-state index in [0.29, 0.717) is 0 Å². The zero-order valence-electron chi connectivity index (χ0n) is 5.79. The van der Waals surface area contributed by atoms with Gasteiger partial charge < -0.3 is 5.32 Å². The van der Waals surface area contributed by atoms with E-state index in [1.54, 1.807) is 0 Å². The number of carbonyl (C=O) groups excluding carboxylic acids is 1. The van der Waals surface area contributed by atoms with Gasteiger partial charge in [-0.1, -0.05) is 0 Å². The van der Waals surface area contributed by atoms with E-state index in [1.807, 2.05) is 0 Å². The van der Waals surface area contributed by atoms with Gasteiger partial charge in [0, 0.05) is 12.6 Å². The predicted molar refractivity (Wildman–Crippen MR) is 33.5 cm³/mol. The molecule has 9 heavy (non-hydrogen) atoms. The molecule has 0 saturated carbocycles. The predicted octanol–water partition coefficient (Wildman–Crippen LogP) is 0.996. The van der Waals surface area contributed by atoms with Gasteiger partial charge in [0.05, 0.1) is 0 Å². The number of hydrogen-bond acceptors (Lipinski definition) is 1. The van der Waals surface area contributed by atoms with Crippen LogP contribution in [0.25, 0.3) is 0 Å². The second-order valence-electron chi connectivity index (χ2n) is 1.74. The minimum atomic E-state index is -0.436. The normalized spacial score (nSPS) is 12.4. The molecule has 0 aromatic carbocycles. The van der Waals surface area contributed by atoms with Gasteiger partial charge in [0.1, 0.15) is 5.83 Å². The maximum Gasteiger partial charge on any atom is 0.249 e. The summed E-state index contributed by atoms with van der Waals surface area (Å²) in [6, 6.07) is 0. The molecule has 0 aliphatic carbocycles. The molecule has 0 spiro atoms. The molecule has 0 unspecified atom stereocenters. The van der Waals surface area contributed by atoms with Gasteiger partial charge in [0.15, 0.2) is 0 Å². The minimum absolute atomic E-state index is 0.137. The van der Waals surface area contributed by atoms with Gasteiger partial charge in [0.25, 0.3) is 0 Å². The largest absolute Gasteiger partial charge is 0.355 e. The number of allylic oxidation sites excluding steroid dienone is 1. The van der Waals surface area contributed by atoms with Crippen molar-refractivity contribution in [3.63, 3.8) is 0 Å². The Morgan fingerprint density at radius 1 is 1.44 bits per heavy atom. The lowest BCUT2D eigenvalue weighted by Gasteiger charge is -1.96. The molecule has 0 fully saturated rings. The average Bonchev–Trinajstić information content (AvgIpc) is 1.84. The third kappa shape index (κ3) is 2.26. The summed E-state index contributed by atoms with van der Waals surface area (Å²) < 4.78 is 12.2. The molecule has 52 valence electrons. The van der Waals surface area contributed by atoms with Gasteiger partial charge in [-0.25, -0.2) is 4.39 Å². The molecule has 2 nitrogen and oxygen atoms in total. The van der Waals surface area contributed by atoms with Crippen LogP contribution in [0.4, 0.5) is 4.39 Å². The van der Waals surface area contributed by atoms with E-state index in [0.717, 1.165) is 0 Å². The van der Waals surface area contributed by atoms with E-state index in [1.165, 1.54) is 20.9 Å². The molecule has 0 atom stereocenters. The van der Waals surface area contributed by atoms with E-state index in [2.05, 4.69) is 5.32 Å². The van der Waals surface area contributed by atoms with Gasteiger partial charge in [-0.2, -0.15) is 0 Å². The van der Waals surface area contributed by atoms with Crippen LogP contribution in [-0.2, 0) is 4.79 Å². The van der Waals surface area contributed by atoms with Gasteiger partial charge in [-0.3, -0.25) is 4.79 Å². The van der Waals surface area contributed by atoms with Crippen molar-refractivity contribution in [2.24, 2.45) is 0 Å². The molecule has 1 N–H and O–H groups in total. The molecular formula is C6H10FNO. The lowest BCUT2D eigenvalue weighted by atomic mass is 10.2. The van der Waals surface area contributed by atoms with Gasteiger partial charge in [-0.05, 0) is 13.8 Å². The van der Waals surface area contributed by atoms with Crippen molar-refractivity contribution in [1.29, 1.82) is 0 Å². The van der Waals surface area contributed by atoms with Crippen LogP contribution >= 0.6 is 0 Å². The van der Waals surface area contributed by atoms with Crippen LogP contribution in [0.3, 0.4) is 0 Å². The summed E-state index contributed by atoms with van der Waals surface area (Å²) in [6.07, 6.45) is 0. The van der Waals surface area contributed by atoms with Gasteiger partial charge >= 0.3 is 0 Å². The molecule has 0 rings (SSSR count). The zero-order valence-corrected chi connectivity index (χ0v) is 5.79. The fourth-order valence-electron chi connectivity index (χ4n) is 0.344. The third-order valence-electron chi connectivity index (χ3n) is 1.08. The maximum absolute atomic E-state index is 12.2. The van der Waals surface area contributed by atoms with Crippen molar-refractivity contribution in [1.82, 2.24) is 5.32 Å². The summed E-state index contributed by atoms with van der Waals surface area (Å²) in [7, 11) is 1.47. The monoisotopic (exact) mass is 131 g/mol. The lowest BCUT2D eigenvalue weighted by Crippen LogP contribution is -2.18. The highest BCUT2D eigenvalue weighted by Gasteiger charge is 2.03. The standard InChI is InChI=1S/C6H10FNO/c1-4(5(2)7)6(9)8-3/h1-3H3,(H,8,9). The fraction of sp³-hybridized carbons (Fsp3) is 0.500. The first-order chi connectivity index (χ1) is 4.09. The van der Waals surface area contributed by atoms with Gasteiger partial charge in [0.2, 0.25) is 5.91 Å². The quantitative estimate of drug-likeness (QED) is 0.528. The Kier molecular flexibility index (Phi) is 2.91. The van der Waals surface area contributed by atoms with Crippen molar-refractivity contribution in [3.8, 4) is 0 Å². The van der Waals surface area contributed by atoms with Crippen LogP contribution in [-0.4, -0.2) is 13.0 Å². The van der Waals surface area contributed by atoms with Crippen LogP contribution in [0.5, 0.6) is 0 Å². The van der Waals surface area contributed by atoms with E-state index in [-0.39, 0.29) is 11.5 Å². The number of likely N-dealkylation sites (N-methyl/N-ethyl adjacent to an activating group) is 1. The zero-order chi connectivity index (χ0) is 7.44. The SMILES string of the molecule is CNC(=O)C(C)=C(C)F. The van der Waals surface area contributed by atoms with Crippen molar-refractivity contribution in [3.05, 3.63) is 11.4 Å². The van der Waals surface area contributed by atoms with Crippen molar-refractivity contribution in [2.75, 3.05) is 7.05 Å². The topological polar surface area (TPSA) is 29.1 Å². The van der Waals surface area contributed by atoms with E-state index < -0.39 is 5.83 Å². The average molecular weight is 131 g/mol. The van der Waals surface area contributed by atoms with Crippen LogP contribution in [0.15, 0.2) is 11.4 Å². The van der Waals surface area contributed by atoms with Crippen molar-refractivity contribution in [2.45, 2.75) is 13.8 Å². The molecule has 0 radical (unpaired) electrons. The summed E-state index contributed by atoms with van der Waals surface area (Å²) >= 11 is 0. The second kappa shape index (κ2) is 3.22. The first-order valence-electron chi connectivity index (χ1n) is 2.64. The van der Waals surface area contributed by atoms with E-state index in [9.17, 15) is 9.18 Å². The molecule has 0 bridgehead atoms. The summed E-state index contributed by atoms with van der Waals surface area (Å²) in [5.74, 6) is -0.802. The van der Waals surface area contributed by atoms with Crippen LogP contribution in [0, 0.1) is 0 Å². The van der Waals surface area contributed by atoms with Crippen molar-refractivity contribution >= 4 is 5.91 Å². The third-order valence-corrected chi connectivity index (χ3v) is 1.08. The Labute approximate surface area is 53.8 Å². The number of halogens is 1. The van der Waals surface area contributed by atoms with Crippen LogP contribution in [0.2, 0.25) is 0 Å². The number of hydrogen-bond donors (Lipinski definition) is 1. The lowest BCUT2D eigenvalue weighted by molar-refractivity contribution is -0.117. The maximum atomic E-state index is 12.2. The van der Waals surface area contributed by atoms with Crippen molar-refractivity contribution < 1.29 is 9.18 Å². The molecule has 0 saturated heterocycles.